The molecule has 0 fully saturated rings. The van der Waals surface area contributed by atoms with E-state index in [4.69, 9.17) is 0 Å². The van der Waals surface area contributed by atoms with E-state index in [2.05, 4.69) is 0 Å². The van der Waals surface area contributed by atoms with E-state index in [9.17, 15) is 25.9 Å². The predicted octanol–water partition coefficient (Wildman–Crippen LogP) is -1.09. The summed E-state index contributed by atoms with van der Waals surface area (Å²) in [7, 11) is -10.5. The van der Waals surface area contributed by atoms with Crippen molar-refractivity contribution in [3.8, 4) is 0 Å². The SMILES string of the molecule is O=S(=O)([O-])SSS(=O)(=O)[O-].[Pb+2]. The molecule has 6 nitrogen and oxygen atoms in total. The van der Waals surface area contributed by atoms with Crippen LogP contribution in [0, 0.1) is 0 Å². The van der Waals surface area contributed by atoms with Gasteiger partial charge in [0.05, 0.1) is 0 Å². The summed E-state index contributed by atoms with van der Waals surface area (Å²) in [4.78, 5) is 0. The van der Waals surface area contributed by atoms with Crippen molar-refractivity contribution >= 4 is 65.3 Å². The molecule has 0 heterocycles. The van der Waals surface area contributed by atoms with Crippen LogP contribution in [0.15, 0.2) is 0 Å². The van der Waals surface area contributed by atoms with E-state index in [-0.39, 0.29) is 27.3 Å². The molecule has 0 aromatic heterocycles. The van der Waals surface area contributed by atoms with Gasteiger partial charge >= 0.3 is 27.3 Å². The standard InChI is InChI=1S/H2O6S4.Pb/c1-9(2,3)7-8-10(4,5)6;/h(H,1,2,3)(H,4,5,6);/q;+2/p-2. The van der Waals surface area contributed by atoms with E-state index in [1.807, 2.05) is 0 Å². The summed E-state index contributed by atoms with van der Waals surface area (Å²) in [6, 6.07) is 0. The van der Waals surface area contributed by atoms with Crippen LogP contribution in [-0.4, -0.2) is 53.2 Å². The molecule has 2 radical (unpaired) electrons. The average Bonchev–Trinajstić information content (AvgIpc) is 1.57. The molecule has 64 valence electrons. The molecule has 0 spiro atoms. The summed E-state index contributed by atoms with van der Waals surface area (Å²) < 4.78 is 58.0. The van der Waals surface area contributed by atoms with Crippen LogP contribution in [-0.2, 0) is 18.3 Å². The number of rotatable bonds is 3. The molecule has 0 aliphatic heterocycles. The van der Waals surface area contributed by atoms with Gasteiger partial charge in [0.2, 0.25) is 0 Å². The number of hydrogen-bond donors (Lipinski definition) is 0. The summed E-state index contributed by atoms with van der Waals surface area (Å²) in [5.74, 6) is 0. The van der Waals surface area contributed by atoms with Crippen LogP contribution in [0.4, 0.5) is 0 Å². The Morgan fingerprint density at radius 3 is 1.09 bits per heavy atom. The van der Waals surface area contributed by atoms with Crippen LogP contribution < -0.4 is 0 Å². The van der Waals surface area contributed by atoms with Gasteiger partial charge in [-0.15, -0.1) is 0 Å². The molecular weight excluding hydrogens is 431 g/mol. The van der Waals surface area contributed by atoms with Gasteiger partial charge < -0.3 is 9.11 Å². The van der Waals surface area contributed by atoms with Gasteiger partial charge in [0.1, 0.15) is 0 Å². The Labute approximate surface area is 90.4 Å². The minimum Gasteiger partial charge on any atom is -0.739 e. The zero-order valence-electron chi connectivity index (χ0n) is 4.58. The summed E-state index contributed by atoms with van der Waals surface area (Å²) in [6.45, 7) is 0. The molecule has 0 N–H and O–H groups in total. The molecule has 0 unspecified atom stereocenters. The summed E-state index contributed by atoms with van der Waals surface area (Å²) >= 11 is 0. The molecule has 0 rings (SSSR count). The Morgan fingerprint density at radius 1 is 0.818 bits per heavy atom. The van der Waals surface area contributed by atoms with Gasteiger partial charge in [-0.2, -0.15) is 0 Å². The first kappa shape index (κ1) is 14.9. The molecule has 11 heavy (non-hydrogen) atoms. The quantitative estimate of drug-likeness (QED) is 0.315. The van der Waals surface area contributed by atoms with Crippen LogP contribution in [0.25, 0.3) is 0 Å². The third kappa shape index (κ3) is 14.3. The van der Waals surface area contributed by atoms with Gasteiger partial charge in [-0.25, -0.2) is 16.8 Å². The van der Waals surface area contributed by atoms with Gasteiger partial charge in [0.25, 0.3) is 0 Å². The number of hydrogen-bond acceptors (Lipinski definition) is 8. The van der Waals surface area contributed by atoms with Crippen LogP contribution >= 0.6 is 19.7 Å². The summed E-state index contributed by atoms with van der Waals surface area (Å²) in [5, 5.41) is 0. The first-order chi connectivity index (χ1) is 4.21. The molecule has 0 aromatic carbocycles. The molecule has 0 aromatic rings. The molecule has 0 aliphatic rings. The van der Waals surface area contributed by atoms with Crippen LogP contribution in [0.3, 0.4) is 0 Å². The fraction of sp³-hybridized carbons (Fsp3) is 0. The zero-order chi connectivity index (χ0) is 8.41. The molecule has 0 amide bonds. The maximum absolute atomic E-state index is 9.66. The van der Waals surface area contributed by atoms with E-state index in [1.54, 1.807) is 0 Å². The normalized spacial score (nSPS) is 12.2. The average molecular weight is 431 g/mol. The summed E-state index contributed by atoms with van der Waals surface area (Å²) in [6.07, 6.45) is 0. The van der Waals surface area contributed by atoms with E-state index >= 15 is 0 Å². The first-order valence-corrected chi connectivity index (χ1v) is 7.50. The van der Waals surface area contributed by atoms with Crippen LogP contribution in [0.1, 0.15) is 0 Å². The second-order valence-electron chi connectivity index (χ2n) is 0.953. The van der Waals surface area contributed by atoms with Gasteiger partial charge in [0.15, 0.2) is 18.3 Å². The fourth-order valence-electron chi connectivity index (χ4n) is 0.0680. The molecule has 0 atom stereocenters. The smallest absolute Gasteiger partial charge is 0.739 e. The third-order valence-corrected chi connectivity index (χ3v) is 6.75. The van der Waals surface area contributed by atoms with Crippen molar-refractivity contribution in [2.24, 2.45) is 0 Å². The van der Waals surface area contributed by atoms with Crippen molar-refractivity contribution in [2.45, 2.75) is 0 Å². The van der Waals surface area contributed by atoms with E-state index in [0.29, 0.717) is 0 Å². The summed E-state index contributed by atoms with van der Waals surface area (Å²) in [5.41, 5.74) is 0. The minimum atomic E-state index is -4.71. The second kappa shape index (κ2) is 5.23. The largest absolute Gasteiger partial charge is 2.00 e. The predicted molar refractivity (Wildman–Crippen MR) is 40.3 cm³/mol. The molecule has 0 aliphatic carbocycles. The first-order valence-electron chi connectivity index (χ1n) is 1.50. The monoisotopic (exact) mass is 432 g/mol. The maximum Gasteiger partial charge on any atom is 2.00 e. The molecule has 0 saturated carbocycles. The molecule has 11 heteroatoms. The van der Waals surface area contributed by atoms with Crippen molar-refractivity contribution in [3.63, 3.8) is 0 Å². The second-order valence-corrected chi connectivity index (χ2v) is 8.57. The zero-order valence-corrected chi connectivity index (χ0v) is 11.7. The molecular formula is O6PbS4. The maximum atomic E-state index is 9.66. The fourth-order valence-corrected chi connectivity index (χ4v) is 5.51. The Morgan fingerprint density at radius 2 is 1.00 bits per heavy atom. The van der Waals surface area contributed by atoms with Gasteiger partial charge in [-0.1, -0.05) is 0 Å². The van der Waals surface area contributed by atoms with Crippen molar-refractivity contribution in [1.29, 1.82) is 0 Å². The van der Waals surface area contributed by atoms with E-state index in [1.165, 1.54) is 0 Å². The topological polar surface area (TPSA) is 114 Å². The Kier molecular flexibility index (Phi) is 7.11. The minimum absolute atomic E-state index is 0. The van der Waals surface area contributed by atoms with Gasteiger partial charge in [0, 0.05) is 19.7 Å². The van der Waals surface area contributed by atoms with Gasteiger partial charge in [-0.3, -0.25) is 0 Å². The van der Waals surface area contributed by atoms with Crippen molar-refractivity contribution in [1.82, 2.24) is 0 Å². The molecule has 0 bridgehead atoms. The van der Waals surface area contributed by atoms with Crippen LogP contribution in [0.2, 0.25) is 0 Å². The van der Waals surface area contributed by atoms with Crippen molar-refractivity contribution in [3.05, 3.63) is 0 Å². The van der Waals surface area contributed by atoms with E-state index < -0.39 is 38.0 Å². The molecule has 0 saturated heterocycles. The Bertz CT molecular complexity index is 251. The van der Waals surface area contributed by atoms with Crippen LogP contribution in [0.5, 0.6) is 0 Å². The van der Waals surface area contributed by atoms with Crippen molar-refractivity contribution in [2.75, 3.05) is 0 Å². The van der Waals surface area contributed by atoms with E-state index in [0.717, 1.165) is 0 Å². The van der Waals surface area contributed by atoms with Gasteiger partial charge in [-0.05, 0) is 0 Å². The third-order valence-electron chi connectivity index (χ3n) is 0.194. The van der Waals surface area contributed by atoms with Crippen molar-refractivity contribution < 1.29 is 25.9 Å². The Hall–Kier alpha value is 1.44. The Balaban J connectivity index is 0.